The summed E-state index contributed by atoms with van der Waals surface area (Å²) in [7, 11) is 0. The van der Waals surface area contributed by atoms with Gasteiger partial charge in [0.2, 0.25) is 0 Å². The minimum atomic E-state index is 1.16. The predicted octanol–water partition coefficient (Wildman–Crippen LogP) is 35.7. The SMILES string of the molecule is c1ccc(-n2c3ccccc3c3cc4c5ccccc5n(-c5ccc(-c6ccc7c(c6)sc6ccccc67)cc5)c4cc32)cc1.c1ccc(-n2c3ccccc3c3cc4c5ccccc5n(-c5ccc(-c6cccc7sc8ccccc8c67)cc5)c4cc32)cc1.c1ccc(-n2c3ccccc3c3cc4c5ccccc5n(-c5cccc(-c6cccc7c6sc6ccccc67)c5)c4cc32)cc1. The molecule has 0 spiro atoms. The van der Waals surface area contributed by atoms with Crippen LogP contribution in [0.5, 0.6) is 0 Å². The summed E-state index contributed by atoms with van der Waals surface area (Å²) in [6, 6.07) is 173. The zero-order valence-corrected chi connectivity index (χ0v) is 75.4. The molecule has 0 aliphatic heterocycles. The molecule has 135 heavy (non-hydrogen) atoms. The van der Waals surface area contributed by atoms with E-state index in [1.165, 1.54) is 247 Å². The van der Waals surface area contributed by atoms with Crippen molar-refractivity contribution in [2.24, 2.45) is 0 Å². The van der Waals surface area contributed by atoms with E-state index >= 15 is 0 Å². The van der Waals surface area contributed by atoms with Gasteiger partial charge in [0.15, 0.2) is 0 Å². The Hall–Kier alpha value is -16.9. The number of thiophene rings is 3. The number of nitrogens with zero attached hydrogens (tertiary/aromatic N) is 6. The summed E-state index contributed by atoms with van der Waals surface area (Å²) in [6.07, 6.45) is 0. The van der Waals surface area contributed by atoms with Gasteiger partial charge >= 0.3 is 0 Å². The second-order valence-electron chi connectivity index (χ2n) is 35.3. The van der Waals surface area contributed by atoms with E-state index in [2.05, 4.69) is 501 Å². The highest BCUT2D eigenvalue weighted by molar-refractivity contribution is 7.27. The first kappa shape index (κ1) is 76.9. The summed E-state index contributed by atoms with van der Waals surface area (Å²) >= 11 is 5.63. The van der Waals surface area contributed by atoms with Gasteiger partial charge in [-0.05, 0) is 209 Å². The van der Waals surface area contributed by atoms with Crippen LogP contribution in [0.15, 0.2) is 473 Å². The van der Waals surface area contributed by atoms with Crippen molar-refractivity contribution in [2.45, 2.75) is 0 Å². The van der Waals surface area contributed by atoms with E-state index in [0.717, 1.165) is 11.4 Å². The third-order valence-corrected chi connectivity index (χ3v) is 31.4. The van der Waals surface area contributed by atoms with E-state index in [0.29, 0.717) is 0 Å². The van der Waals surface area contributed by atoms with Gasteiger partial charge in [0.25, 0.3) is 0 Å². The minimum Gasteiger partial charge on any atom is -0.309 e. The van der Waals surface area contributed by atoms with Crippen molar-refractivity contribution < 1.29 is 0 Å². The molecule has 9 heterocycles. The number of hydrogen-bond donors (Lipinski definition) is 0. The van der Waals surface area contributed by atoms with Gasteiger partial charge in [-0.15, -0.1) is 34.0 Å². The van der Waals surface area contributed by atoms with Crippen molar-refractivity contribution in [3.05, 3.63) is 473 Å². The zero-order valence-electron chi connectivity index (χ0n) is 72.9. The molecule has 0 bridgehead atoms. The van der Waals surface area contributed by atoms with Gasteiger partial charge in [-0.2, -0.15) is 0 Å². The molecule has 0 aliphatic carbocycles. The number of benzene rings is 21. The number of aromatic nitrogens is 6. The first-order chi connectivity index (χ1) is 67.0. The lowest BCUT2D eigenvalue weighted by Crippen LogP contribution is -1.96. The van der Waals surface area contributed by atoms with Crippen molar-refractivity contribution in [1.29, 1.82) is 0 Å². The number of fused-ring (bicyclic) bond motifs is 27. The predicted molar refractivity (Wildman–Crippen MR) is 580 cm³/mol. The first-order valence-electron chi connectivity index (χ1n) is 46.1. The summed E-state index contributed by atoms with van der Waals surface area (Å²) in [5, 5.41) is 23.3. The molecule has 9 heteroatoms. The maximum absolute atomic E-state index is 2.45. The normalized spacial score (nSPS) is 12.0. The minimum absolute atomic E-state index is 1.16. The third-order valence-electron chi connectivity index (χ3n) is 27.9. The molecule has 0 saturated heterocycles. The molecule has 630 valence electrons. The molecule has 0 saturated carbocycles. The van der Waals surface area contributed by atoms with Crippen molar-refractivity contribution in [1.82, 2.24) is 27.4 Å². The zero-order chi connectivity index (χ0) is 88.5. The Labute approximate surface area is 787 Å². The van der Waals surface area contributed by atoms with E-state index < -0.39 is 0 Å². The molecule has 9 aromatic heterocycles. The van der Waals surface area contributed by atoms with Crippen LogP contribution in [0.1, 0.15) is 0 Å². The summed E-state index contributed by atoms with van der Waals surface area (Å²) in [4.78, 5) is 0. The van der Waals surface area contributed by atoms with Crippen LogP contribution in [0.3, 0.4) is 0 Å². The van der Waals surface area contributed by atoms with E-state index in [1.807, 2.05) is 34.0 Å². The van der Waals surface area contributed by atoms with Crippen molar-refractivity contribution in [3.8, 4) is 67.5 Å². The Kier molecular flexibility index (Phi) is 17.6. The van der Waals surface area contributed by atoms with Crippen LogP contribution in [0.2, 0.25) is 0 Å². The van der Waals surface area contributed by atoms with Crippen LogP contribution in [0, 0.1) is 0 Å². The largest absolute Gasteiger partial charge is 0.309 e. The highest BCUT2D eigenvalue weighted by Gasteiger charge is 2.25. The topological polar surface area (TPSA) is 29.6 Å². The maximum Gasteiger partial charge on any atom is 0.0562 e. The van der Waals surface area contributed by atoms with E-state index in [-0.39, 0.29) is 0 Å². The second kappa shape index (κ2) is 30.9. The lowest BCUT2D eigenvalue weighted by atomic mass is 9.99. The van der Waals surface area contributed by atoms with Gasteiger partial charge in [-0.1, -0.05) is 297 Å². The van der Waals surface area contributed by atoms with Crippen LogP contribution in [-0.2, 0) is 0 Å². The highest BCUT2D eigenvalue weighted by atomic mass is 32.1. The molecule has 0 atom stereocenters. The third kappa shape index (κ3) is 12.2. The van der Waals surface area contributed by atoms with Crippen LogP contribution in [0.4, 0.5) is 0 Å². The quantitative estimate of drug-likeness (QED) is 0.138. The summed E-state index contributed by atoms with van der Waals surface area (Å²) in [5.41, 5.74) is 29.1. The van der Waals surface area contributed by atoms with Crippen LogP contribution in [0.25, 0.3) is 259 Å². The molecule has 21 aromatic carbocycles. The lowest BCUT2D eigenvalue weighted by Gasteiger charge is -2.12. The average Bonchev–Trinajstić information content (AvgIpc) is 1.56. The molecule has 0 N–H and O–H groups in total. The van der Waals surface area contributed by atoms with Gasteiger partial charge in [-0.3, -0.25) is 0 Å². The fourth-order valence-electron chi connectivity index (χ4n) is 22.0. The number of hydrogen-bond acceptors (Lipinski definition) is 3. The van der Waals surface area contributed by atoms with Crippen LogP contribution >= 0.6 is 34.0 Å². The Morgan fingerprint density at radius 1 is 0.126 bits per heavy atom. The standard InChI is InChI=1S/3C42H26N2S/c1-2-13-28(14-3-1)43-37-21-7-4-16-31(37)35-25-36-32-17-5-8-22-38(32)44(40(36)26-39(35)43)29-15-10-12-27(24-29)30-19-11-20-34-33-18-6-9-23-41(33)45-42(30)34;1-2-11-28(12-3-1)43-36-17-7-4-13-31(36)34-25-35-32-14-5-8-18-37(32)44(39(35)26-38(34)43)29-23-21-27(22-24-29)30-16-10-20-41-42(30)33-15-6-9-19-40(33)45-41;1-2-10-29(11-3-1)43-37-15-7-4-12-31(37)35-25-36-32-13-5-8-16-38(32)44(40(36)26-39(35)43)30-21-18-27(19-22-30)28-20-23-34-33-14-6-9-17-41(33)45-42(34)24-28/h3*1-26H. The van der Waals surface area contributed by atoms with E-state index in [4.69, 9.17) is 0 Å². The van der Waals surface area contributed by atoms with Gasteiger partial charge in [-0.25, -0.2) is 0 Å². The molecule has 0 unspecified atom stereocenters. The van der Waals surface area contributed by atoms with E-state index in [9.17, 15) is 0 Å². The molecule has 0 amide bonds. The van der Waals surface area contributed by atoms with Gasteiger partial charge in [0.05, 0.1) is 66.2 Å². The highest BCUT2D eigenvalue weighted by Crippen LogP contribution is 2.49. The molecule has 0 aliphatic rings. The van der Waals surface area contributed by atoms with Gasteiger partial charge in [0, 0.05) is 159 Å². The first-order valence-corrected chi connectivity index (χ1v) is 48.5. The second-order valence-corrected chi connectivity index (χ2v) is 38.5. The average molecular weight is 1770 g/mol. The summed E-state index contributed by atoms with van der Waals surface area (Å²) in [5.74, 6) is 0. The van der Waals surface area contributed by atoms with Crippen LogP contribution < -0.4 is 0 Å². The van der Waals surface area contributed by atoms with E-state index in [1.54, 1.807) is 0 Å². The summed E-state index contributed by atoms with van der Waals surface area (Å²) in [6.45, 7) is 0. The molecule has 30 rings (SSSR count). The molecule has 6 nitrogen and oxygen atoms in total. The number of rotatable bonds is 9. The number of para-hydroxylation sites is 9. The fraction of sp³-hybridized carbons (Fsp3) is 0. The molecular formula is C126H78N6S3. The molecule has 30 aromatic rings. The molecule has 0 fully saturated rings. The summed E-state index contributed by atoms with van der Waals surface area (Å²) < 4.78 is 22.5. The smallest absolute Gasteiger partial charge is 0.0562 e. The monoisotopic (exact) mass is 1770 g/mol. The lowest BCUT2D eigenvalue weighted by molar-refractivity contribution is 1.16. The fourth-order valence-corrected chi connectivity index (χ4v) is 25.5. The Morgan fingerprint density at radius 2 is 0.415 bits per heavy atom. The Balaban J connectivity index is 0.000000101. The van der Waals surface area contributed by atoms with Crippen LogP contribution in [-0.4, -0.2) is 27.4 Å². The molecular weight excluding hydrogens is 1690 g/mol. The van der Waals surface area contributed by atoms with Gasteiger partial charge in [0.1, 0.15) is 0 Å². The van der Waals surface area contributed by atoms with Gasteiger partial charge < -0.3 is 27.4 Å². The maximum atomic E-state index is 2.45. The van der Waals surface area contributed by atoms with Crippen molar-refractivity contribution in [3.63, 3.8) is 0 Å². The van der Waals surface area contributed by atoms with Crippen molar-refractivity contribution >= 4 is 225 Å². The van der Waals surface area contributed by atoms with Crippen molar-refractivity contribution in [2.75, 3.05) is 0 Å². The molecule has 0 radical (unpaired) electrons. The Bertz CT molecular complexity index is 10100. The Morgan fingerprint density at radius 3 is 0.852 bits per heavy atom.